The monoisotopic (exact) mass is 367 g/mol. The number of aryl methyl sites for hydroxylation is 1. The van der Waals surface area contributed by atoms with Crippen LogP contribution in [0.15, 0.2) is 29.2 Å². The lowest BCUT2D eigenvalue weighted by Gasteiger charge is -2.35. The zero-order valence-electron chi connectivity index (χ0n) is 15.8. The Bertz CT molecular complexity index is 707. The maximum absolute atomic E-state index is 12.4. The van der Waals surface area contributed by atoms with Crippen LogP contribution in [-0.2, 0) is 14.4 Å². The molecule has 0 heterocycles. The highest BCUT2D eigenvalue weighted by Gasteiger charge is 2.36. The number of nitrogens with zero attached hydrogens (tertiary/aromatic N) is 1. The van der Waals surface area contributed by atoms with Gasteiger partial charge < -0.3 is 4.43 Å². The smallest absolute Gasteiger partial charge is 0.270 e. The molecular weight excluding hydrogens is 338 g/mol. The Labute approximate surface area is 148 Å². The topological polar surface area (TPSA) is 46.6 Å². The molecule has 1 aromatic carbocycles. The fraction of sp³-hybridized carbons (Fsp3) is 0.556. The molecule has 0 N–H and O–H groups in total. The molecule has 0 unspecified atom stereocenters. The third-order valence-corrected chi connectivity index (χ3v) is 10.6. The van der Waals surface area contributed by atoms with Crippen LogP contribution in [0, 0.1) is 18.9 Å². The van der Waals surface area contributed by atoms with Gasteiger partial charge in [-0.3, -0.25) is 0 Å². The second kappa shape index (κ2) is 7.73. The summed E-state index contributed by atoms with van der Waals surface area (Å²) in [6.45, 7) is 13.4. The minimum atomic E-state index is -3.57. The van der Waals surface area contributed by atoms with E-state index >= 15 is 0 Å². The van der Waals surface area contributed by atoms with Crippen LogP contribution in [0.5, 0.6) is 0 Å². The van der Waals surface area contributed by atoms with Gasteiger partial charge in [-0.05, 0) is 37.2 Å². The van der Waals surface area contributed by atoms with E-state index in [0.29, 0.717) is 13.0 Å². The molecular formula is C18H29NO3SSi. The van der Waals surface area contributed by atoms with Gasteiger partial charge in [0.15, 0.2) is 8.32 Å². The summed E-state index contributed by atoms with van der Waals surface area (Å²) in [5, 5.41) is 0.159. The molecule has 0 fully saturated rings. The SMILES string of the molecule is Cc1ccc(S(=O)(=O)N(C)C#CCCO[Si](C)(C)C(C)(C)C)cc1. The second-order valence-electron chi connectivity index (χ2n) is 7.43. The molecule has 134 valence electrons. The largest absolute Gasteiger partial charge is 0.416 e. The van der Waals surface area contributed by atoms with Crippen LogP contribution < -0.4 is 0 Å². The number of benzene rings is 1. The van der Waals surface area contributed by atoms with E-state index in [0.717, 1.165) is 9.87 Å². The van der Waals surface area contributed by atoms with Crippen molar-refractivity contribution in [2.45, 2.75) is 57.1 Å². The van der Waals surface area contributed by atoms with Gasteiger partial charge in [0.25, 0.3) is 10.0 Å². The van der Waals surface area contributed by atoms with Crippen LogP contribution in [0.2, 0.25) is 18.1 Å². The van der Waals surface area contributed by atoms with Crippen molar-refractivity contribution in [3.05, 3.63) is 29.8 Å². The lowest BCUT2D eigenvalue weighted by Crippen LogP contribution is -2.40. The van der Waals surface area contributed by atoms with Gasteiger partial charge in [0.1, 0.15) is 0 Å². The van der Waals surface area contributed by atoms with Crippen molar-refractivity contribution in [1.82, 2.24) is 4.31 Å². The first-order valence-corrected chi connectivity index (χ1v) is 12.4. The molecule has 6 heteroatoms. The summed E-state index contributed by atoms with van der Waals surface area (Å²) in [5.74, 6) is 2.89. The van der Waals surface area contributed by atoms with Gasteiger partial charge in [-0.1, -0.05) is 44.4 Å². The summed E-state index contributed by atoms with van der Waals surface area (Å²) in [5.41, 5.74) is 1.02. The van der Waals surface area contributed by atoms with Crippen LogP contribution >= 0.6 is 0 Å². The second-order valence-corrected chi connectivity index (χ2v) is 14.2. The zero-order chi connectivity index (χ0) is 18.6. The highest BCUT2D eigenvalue weighted by Crippen LogP contribution is 2.36. The third kappa shape index (κ3) is 5.37. The Morgan fingerprint density at radius 2 is 1.71 bits per heavy atom. The van der Waals surface area contributed by atoms with Crippen molar-refractivity contribution < 1.29 is 12.8 Å². The van der Waals surface area contributed by atoms with Crippen LogP contribution in [0.3, 0.4) is 0 Å². The first kappa shape index (κ1) is 20.8. The van der Waals surface area contributed by atoms with Gasteiger partial charge in [0.2, 0.25) is 0 Å². The van der Waals surface area contributed by atoms with E-state index in [1.54, 1.807) is 24.3 Å². The Balaban J connectivity index is 2.65. The molecule has 0 aliphatic rings. The molecule has 0 saturated heterocycles. The highest BCUT2D eigenvalue weighted by atomic mass is 32.2. The van der Waals surface area contributed by atoms with Gasteiger partial charge in [-0.25, -0.2) is 12.7 Å². The average Bonchev–Trinajstić information content (AvgIpc) is 2.45. The summed E-state index contributed by atoms with van der Waals surface area (Å²) in [6, 6.07) is 9.45. The maximum Gasteiger partial charge on any atom is 0.270 e. The van der Waals surface area contributed by atoms with Gasteiger partial charge in [0.05, 0.1) is 4.90 Å². The lowest BCUT2D eigenvalue weighted by atomic mass is 10.2. The fourth-order valence-corrected chi connectivity index (χ4v) is 3.70. The zero-order valence-corrected chi connectivity index (χ0v) is 17.6. The van der Waals surface area contributed by atoms with E-state index in [2.05, 4.69) is 45.8 Å². The Morgan fingerprint density at radius 1 is 1.17 bits per heavy atom. The van der Waals surface area contributed by atoms with E-state index in [4.69, 9.17) is 4.43 Å². The van der Waals surface area contributed by atoms with E-state index in [1.807, 2.05) is 6.92 Å². The molecule has 0 aromatic heterocycles. The molecule has 1 rings (SSSR count). The Kier molecular flexibility index (Phi) is 6.68. The molecule has 4 nitrogen and oxygen atoms in total. The van der Waals surface area contributed by atoms with Crippen molar-refractivity contribution in [3.8, 4) is 12.0 Å². The molecule has 0 amide bonds. The Morgan fingerprint density at radius 3 is 2.21 bits per heavy atom. The summed E-state index contributed by atoms with van der Waals surface area (Å²) >= 11 is 0. The van der Waals surface area contributed by atoms with E-state index < -0.39 is 18.3 Å². The number of rotatable bonds is 5. The summed E-state index contributed by atoms with van der Waals surface area (Å²) < 4.78 is 31.9. The summed E-state index contributed by atoms with van der Waals surface area (Å²) in [4.78, 5) is 0.252. The van der Waals surface area contributed by atoms with Gasteiger partial charge in [-0.2, -0.15) is 0 Å². The van der Waals surface area contributed by atoms with Crippen LogP contribution in [-0.4, -0.2) is 34.7 Å². The molecule has 0 atom stereocenters. The summed E-state index contributed by atoms with van der Waals surface area (Å²) in [7, 11) is -3.87. The van der Waals surface area contributed by atoms with Crippen molar-refractivity contribution in [3.63, 3.8) is 0 Å². The van der Waals surface area contributed by atoms with Gasteiger partial charge in [0, 0.05) is 26.1 Å². The molecule has 0 radical (unpaired) electrons. The third-order valence-electron chi connectivity index (χ3n) is 4.41. The van der Waals surface area contributed by atoms with E-state index in [9.17, 15) is 8.42 Å². The van der Waals surface area contributed by atoms with Crippen LogP contribution in [0.1, 0.15) is 32.8 Å². The first-order valence-electron chi connectivity index (χ1n) is 8.06. The number of sulfonamides is 1. The Hall–Kier alpha value is -1.29. The van der Waals surface area contributed by atoms with Crippen LogP contribution in [0.4, 0.5) is 0 Å². The van der Waals surface area contributed by atoms with Crippen molar-refractivity contribution in [1.29, 1.82) is 0 Å². The highest BCUT2D eigenvalue weighted by molar-refractivity contribution is 7.89. The van der Waals surface area contributed by atoms with Gasteiger partial charge in [-0.15, -0.1) is 0 Å². The lowest BCUT2D eigenvalue weighted by molar-refractivity contribution is 0.296. The molecule has 0 spiro atoms. The molecule has 0 bridgehead atoms. The van der Waals surface area contributed by atoms with Crippen molar-refractivity contribution in [2.75, 3.05) is 13.7 Å². The van der Waals surface area contributed by atoms with Crippen molar-refractivity contribution in [2.24, 2.45) is 0 Å². The number of hydrogen-bond acceptors (Lipinski definition) is 3. The predicted octanol–water partition coefficient (Wildman–Crippen LogP) is 3.99. The van der Waals surface area contributed by atoms with Crippen molar-refractivity contribution >= 4 is 18.3 Å². The molecule has 0 aliphatic carbocycles. The standard InChI is InChI=1S/C18H29NO3SSi/c1-16-10-12-17(13-11-16)23(20,21)19(5)14-8-9-15-22-24(6,7)18(2,3)4/h10-13H,9,15H2,1-7H3. The first-order chi connectivity index (χ1) is 10.9. The molecule has 0 saturated carbocycles. The molecule has 1 aromatic rings. The average molecular weight is 368 g/mol. The predicted molar refractivity (Wildman–Crippen MR) is 102 cm³/mol. The minimum Gasteiger partial charge on any atom is -0.416 e. The summed E-state index contributed by atoms with van der Waals surface area (Å²) in [6.07, 6.45) is 0.514. The quantitative estimate of drug-likeness (QED) is 0.342. The van der Waals surface area contributed by atoms with E-state index in [1.165, 1.54) is 7.05 Å². The fourth-order valence-electron chi connectivity index (χ4n) is 1.67. The minimum absolute atomic E-state index is 0.159. The normalized spacial score (nSPS) is 12.5. The van der Waals surface area contributed by atoms with E-state index in [-0.39, 0.29) is 9.93 Å². The maximum atomic E-state index is 12.4. The molecule has 24 heavy (non-hydrogen) atoms. The van der Waals surface area contributed by atoms with Gasteiger partial charge >= 0.3 is 0 Å². The number of hydrogen-bond donors (Lipinski definition) is 0. The van der Waals surface area contributed by atoms with Crippen LogP contribution in [0.25, 0.3) is 0 Å². The molecule has 0 aliphatic heterocycles.